The van der Waals surface area contributed by atoms with Crippen molar-refractivity contribution in [3.63, 3.8) is 0 Å². The molecule has 0 N–H and O–H groups in total. The van der Waals surface area contributed by atoms with E-state index in [-0.39, 0.29) is 6.71 Å². The molecule has 0 unspecified atom stereocenters. The third-order valence-electron chi connectivity index (χ3n) is 7.44. The average Bonchev–Trinajstić information content (AvgIpc) is 2.80. The van der Waals surface area contributed by atoms with Crippen LogP contribution in [0.4, 0.5) is 0 Å². The van der Waals surface area contributed by atoms with E-state index in [0.717, 1.165) is 5.69 Å². The Kier molecular flexibility index (Phi) is 7.75. The first kappa shape index (κ1) is 26.9. The standard InChI is InChI=1S/C34H40BNSi/c1-23-18-25(3)33(26(4)19-23)35(34-27(5)20-24(2)21-28(34)6)32(37(7,8)9)22-29-14-10-11-15-30(29)31-16-12-13-17-36-31/h10-22H,1-9H3/b32-22-. The van der Waals surface area contributed by atoms with Crippen LogP contribution < -0.4 is 10.9 Å². The van der Waals surface area contributed by atoms with Crippen molar-refractivity contribution in [3.05, 3.63) is 117 Å². The molecule has 3 aromatic carbocycles. The number of rotatable bonds is 6. The largest absolute Gasteiger partial charge is 0.256 e. The molecular weight excluding hydrogens is 461 g/mol. The van der Waals surface area contributed by atoms with Crippen LogP contribution in [0, 0.1) is 41.5 Å². The molecule has 0 saturated carbocycles. The third kappa shape index (κ3) is 5.73. The first-order valence-electron chi connectivity index (χ1n) is 13.4. The van der Waals surface area contributed by atoms with E-state index in [1.807, 2.05) is 12.3 Å². The van der Waals surface area contributed by atoms with Gasteiger partial charge in [0.15, 0.2) is 0 Å². The second-order valence-electron chi connectivity index (χ2n) is 11.7. The van der Waals surface area contributed by atoms with Crippen molar-refractivity contribution in [3.8, 4) is 11.3 Å². The predicted molar refractivity (Wildman–Crippen MR) is 167 cm³/mol. The highest BCUT2D eigenvalue weighted by molar-refractivity contribution is 7.08. The van der Waals surface area contributed by atoms with E-state index in [1.54, 1.807) is 5.10 Å². The molecule has 37 heavy (non-hydrogen) atoms. The lowest BCUT2D eigenvalue weighted by atomic mass is 9.37. The van der Waals surface area contributed by atoms with Gasteiger partial charge in [-0.1, -0.05) is 125 Å². The van der Waals surface area contributed by atoms with Crippen LogP contribution in [0.25, 0.3) is 17.3 Å². The number of nitrogens with zero attached hydrogens (tertiary/aromatic N) is 1. The van der Waals surface area contributed by atoms with E-state index < -0.39 is 8.07 Å². The molecule has 0 aliphatic carbocycles. The summed E-state index contributed by atoms with van der Waals surface area (Å²) in [6, 6.07) is 24.3. The van der Waals surface area contributed by atoms with Gasteiger partial charge in [-0.2, -0.15) is 0 Å². The molecule has 0 amide bonds. The summed E-state index contributed by atoms with van der Waals surface area (Å²) in [4.78, 5) is 4.70. The van der Waals surface area contributed by atoms with Crippen molar-refractivity contribution >= 4 is 31.8 Å². The van der Waals surface area contributed by atoms with Gasteiger partial charge < -0.3 is 0 Å². The Labute approximate surface area is 225 Å². The van der Waals surface area contributed by atoms with E-state index >= 15 is 0 Å². The molecule has 0 aliphatic rings. The fourth-order valence-electron chi connectivity index (χ4n) is 6.03. The summed E-state index contributed by atoms with van der Waals surface area (Å²) in [7, 11) is -1.80. The third-order valence-corrected chi connectivity index (χ3v) is 9.61. The number of aromatic nitrogens is 1. The number of hydrogen-bond donors (Lipinski definition) is 0. The minimum absolute atomic E-state index is 0.213. The summed E-state index contributed by atoms with van der Waals surface area (Å²) < 4.78 is 0. The second-order valence-corrected chi connectivity index (χ2v) is 16.8. The molecule has 188 valence electrons. The molecule has 1 heterocycles. The van der Waals surface area contributed by atoms with Crippen LogP contribution in [-0.2, 0) is 0 Å². The number of pyridine rings is 1. The van der Waals surface area contributed by atoms with Crippen molar-refractivity contribution in [1.29, 1.82) is 0 Å². The molecule has 0 radical (unpaired) electrons. The van der Waals surface area contributed by atoms with Gasteiger partial charge in [0.05, 0.1) is 13.8 Å². The second kappa shape index (κ2) is 10.7. The summed E-state index contributed by atoms with van der Waals surface area (Å²) in [5, 5.41) is 1.56. The summed E-state index contributed by atoms with van der Waals surface area (Å²) in [6.07, 6.45) is 4.40. The van der Waals surface area contributed by atoms with Gasteiger partial charge in [-0.3, -0.25) is 4.98 Å². The fraction of sp³-hybridized carbons (Fsp3) is 0.265. The minimum atomic E-state index is -1.80. The molecule has 0 spiro atoms. The molecule has 0 aliphatic heterocycles. The monoisotopic (exact) mass is 501 g/mol. The van der Waals surface area contributed by atoms with Crippen molar-refractivity contribution < 1.29 is 0 Å². The van der Waals surface area contributed by atoms with E-state index in [4.69, 9.17) is 4.98 Å². The predicted octanol–water partition coefficient (Wildman–Crippen LogP) is 7.71. The minimum Gasteiger partial charge on any atom is -0.256 e. The molecule has 0 atom stereocenters. The first-order chi connectivity index (χ1) is 17.5. The summed E-state index contributed by atoms with van der Waals surface area (Å²) in [5.74, 6) is 0. The van der Waals surface area contributed by atoms with Gasteiger partial charge in [-0.15, -0.1) is 5.10 Å². The van der Waals surface area contributed by atoms with Gasteiger partial charge in [-0.25, -0.2) is 0 Å². The van der Waals surface area contributed by atoms with Crippen molar-refractivity contribution in [2.24, 2.45) is 0 Å². The smallest absolute Gasteiger partial charge is 0.234 e. The number of aryl methyl sites for hydroxylation is 6. The van der Waals surface area contributed by atoms with E-state index in [0.29, 0.717) is 0 Å². The lowest BCUT2D eigenvalue weighted by molar-refractivity contribution is 1.32. The SMILES string of the molecule is Cc1cc(C)c(B(/C(=C/c2ccccc2-c2ccccn2)[Si](C)(C)C)c2c(C)cc(C)cc2C)c(C)c1. The Balaban J connectivity index is 2.09. The van der Waals surface area contributed by atoms with Gasteiger partial charge in [-0.05, 0) is 59.2 Å². The maximum Gasteiger partial charge on any atom is 0.234 e. The van der Waals surface area contributed by atoms with Crippen LogP contribution in [0.2, 0.25) is 19.6 Å². The van der Waals surface area contributed by atoms with Crippen LogP contribution >= 0.6 is 0 Å². The van der Waals surface area contributed by atoms with Crippen LogP contribution in [0.5, 0.6) is 0 Å². The highest BCUT2D eigenvalue weighted by Gasteiger charge is 2.36. The van der Waals surface area contributed by atoms with Crippen molar-refractivity contribution in [2.45, 2.75) is 61.2 Å². The molecule has 0 bridgehead atoms. The highest BCUT2D eigenvalue weighted by Crippen LogP contribution is 2.29. The first-order valence-corrected chi connectivity index (χ1v) is 16.9. The van der Waals surface area contributed by atoms with Crippen LogP contribution in [-0.4, -0.2) is 19.8 Å². The zero-order valence-electron chi connectivity index (χ0n) is 24.0. The van der Waals surface area contributed by atoms with Gasteiger partial charge in [0.1, 0.15) is 0 Å². The summed E-state index contributed by atoms with van der Waals surface area (Å²) in [6.45, 7) is 21.3. The van der Waals surface area contributed by atoms with E-state index in [1.165, 1.54) is 55.4 Å². The Morgan fingerprint density at radius 3 is 1.62 bits per heavy atom. The zero-order valence-corrected chi connectivity index (χ0v) is 25.0. The topological polar surface area (TPSA) is 12.9 Å². The summed E-state index contributed by atoms with van der Waals surface area (Å²) in [5.41, 5.74) is 14.5. The Morgan fingerprint density at radius 1 is 0.676 bits per heavy atom. The molecule has 0 fully saturated rings. The van der Waals surface area contributed by atoms with E-state index in [9.17, 15) is 0 Å². The number of benzene rings is 3. The quantitative estimate of drug-likeness (QED) is 0.247. The Bertz CT molecular complexity index is 1360. The maximum atomic E-state index is 4.70. The molecular formula is C34H40BNSi. The van der Waals surface area contributed by atoms with Crippen LogP contribution in [0.3, 0.4) is 0 Å². The molecule has 4 rings (SSSR count). The van der Waals surface area contributed by atoms with Gasteiger partial charge in [0.25, 0.3) is 0 Å². The van der Waals surface area contributed by atoms with Gasteiger partial charge >= 0.3 is 0 Å². The van der Waals surface area contributed by atoms with Crippen molar-refractivity contribution in [2.75, 3.05) is 0 Å². The lowest BCUT2D eigenvalue weighted by Crippen LogP contribution is -2.54. The van der Waals surface area contributed by atoms with Crippen LogP contribution in [0.15, 0.2) is 78.0 Å². The number of hydrogen-bond acceptors (Lipinski definition) is 1. The normalized spacial score (nSPS) is 12.1. The van der Waals surface area contributed by atoms with E-state index in [2.05, 4.69) is 128 Å². The summed E-state index contributed by atoms with van der Waals surface area (Å²) >= 11 is 0. The fourth-order valence-corrected chi connectivity index (χ4v) is 7.77. The molecule has 1 nitrogen and oxygen atoms in total. The Morgan fingerprint density at radius 2 is 1.16 bits per heavy atom. The molecule has 0 saturated heterocycles. The highest BCUT2D eigenvalue weighted by atomic mass is 28.3. The van der Waals surface area contributed by atoms with Gasteiger partial charge in [0.2, 0.25) is 6.71 Å². The Hall–Kier alpha value is -3.17. The molecule has 1 aromatic heterocycles. The van der Waals surface area contributed by atoms with Crippen molar-refractivity contribution in [1.82, 2.24) is 4.98 Å². The average molecular weight is 502 g/mol. The lowest BCUT2D eigenvalue weighted by Gasteiger charge is -2.32. The molecule has 3 heteroatoms. The van der Waals surface area contributed by atoms with Gasteiger partial charge in [0, 0.05) is 11.8 Å². The molecule has 4 aromatic rings. The maximum absolute atomic E-state index is 4.70. The van der Waals surface area contributed by atoms with Crippen LogP contribution in [0.1, 0.15) is 38.9 Å². The zero-order chi connectivity index (χ0) is 26.9.